The number of furan rings is 1. The minimum atomic E-state index is -4.80. The lowest BCUT2D eigenvalue weighted by atomic mass is 9.81. The number of fused-ring (bicyclic) bond motifs is 10. The summed E-state index contributed by atoms with van der Waals surface area (Å²) in [4.78, 5) is 14.5. The van der Waals surface area contributed by atoms with Gasteiger partial charge in [-0.15, -0.1) is 0 Å². The van der Waals surface area contributed by atoms with E-state index in [0.29, 0.717) is 44.6 Å². The van der Waals surface area contributed by atoms with Gasteiger partial charge in [-0.1, -0.05) is 147 Å². The van der Waals surface area contributed by atoms with E-state index in [9.17, 15) is 0 Å². The molecule has 0 saturated heterocycles. The molecule has 0 radical (unpaired) electrons. The Labute approximate surface area is 324 Å². The quantitative estimate of drug-likeness (QED) is 0.180. The summed E-state index contributed by atoms with van der Waals surface area (Å²) >= 11 is 0. The minimum Gasteiger partial charge on any atom is -0.455 e. The third-order valence-corrected chi connectivity index (χ3v) is 11.4. The Hall–Kier alpha value is -7.06. The Morgan fingerprint density at radius 3 is 1.86 bits per heavy atom. The lowest BCUT2D eigenvalue weighted by Gasteiger charge is -2.25. The summed E-state index contributed by atoms with van der Waals surface area (Å²) in [6.45, 7) is 4.32. The molecule has 0 amide bonds. The number of para-hydroxylation sites is 2. The molecule has 0 N–H and O–H groups in total. The average molecular weight is 749 g/mol. The second kappa shape index (κ2) is 12.0. The summed E-state index contributed by atoms with van der Waals surface area (Å²) in [7, 11) is 0. The van der Waals surface area contributed by atoms with Gasteiger partial charge in [-0.3, -0.25) is 0 Å². The fraction of sp³-hybridized carbons (Fsp3) is 0.0816. The largest absolute Gasteiger partial charge is 0.455 e. The van der Waals surface area contributed by atoms with Crippen molar-refractivity contribution in [1.82, 2.24) is 19.5 Å². The van der Waals surface area contributed by atoms with E-state index in [-0.39, 0.29) is 22.7 Å². The lowest BCUT2D eigenvalue weighted by Crippen LogP contribution is -2.17. The zero-order valence-corrected chi connectivity index (χ0v) is 30.8. The fourth-order valence-electron chi connectivity index (χ4n) is 8.97. The van der Waals surface area contributed by atoms with E-state index < -0.39 is 17.2 Å². The molecular weight excluding hydrogens is 718 g/mol. The number of benzene rings is 7. The maximum absolute atomic E-state index is 16.2. The van der Waals surface area contributed by atoms with Crippen LogP contribution in [0.5, 0.6) is 0 Å². The van der Waals surface area contributed by atoms with E-state index in [0.717, 1.165) is 38.5 Å². The number of alkyl halides is 3. The highest BCUT2D eigenvalue weighted by Gasteiger charge is 2.42. The molecule has 5 nitrogen and oxygen atoms in total. The summed E-state index contributed by atoms with van der Waals surface area (Å²) < 4.78 is 57.1. The Morgan fingerprint density at radius 1 is 0.561 bits per heavy atom. The Balaban J connectivity index is 1.31. The van der Waals surface area contributed by atoms with Gasteiger partial charge in [-0.05, 0) is 40.5 Å². The summed E-state index contributed by atoms with van der Waals surface area (Å²) in [6, 6.07) is 47.3. The zero-order chi connectivity index (χ0) is 38.6. The molecule has 11 rings (SSSR count). The van der Waals surface area contributed by atoms with Crippen molar-refractivity contribution in [1.29, 1.82) is 0 Å². The van der Waals surface area contributed by atoms with E-state index in [1.165, 1.54) is 6.07 Å². The van der Waals surface area contributed by atoms with Crippen LogP contribution in [0, 0.1) is 0 Å². The van der Waals surface area contributed by atoms with Crippen LogP contribution in [0.4, 0.5) is 13.2 Å². The van der Waals surface area contributed by atoms with Crippen molar-refractivity contribution in [3.05, 3.63) is 168 Å². The van der Waals surface area contributed by atoms with Gasteiger partial charge in [0.2, 0.25) is 0 Å². The van der Waals surface area contributed by atoms with Gasteiger partial charge in [0.05, 0.1) is 33.2 Å². The molecule has 0 fully saturated rings. The number of halogens is 3. The standard InChI is InChI=1S/C49H31F3N4O/c1-48(2)36-22-12-9-19-30(36)32-25-26-33-31-20-10-13-23-38(31)56(42(33)41(32)48)43-37(49(50,51)52)27-35(44-40(43)34-21-11-14-24-39(34)57-44)47-54-45(28-15-5-3-6-16-28)53-46(55-47)29-17-7-4-8-18-29/h3-27H,1-2H3. The highest BCUT2D eigenvalue weighted by molar-refractivity contribution is 6.18. The highest BCUT2D eigenvalue weighted by atomic mass is 19.4. The molecule has 0 unspecified atom stereocenters. The van der Waals surface area contributed by atoms with Gasteiger partial charge in [-0.2, -0.15) is 13.2 Å². The number of rotatable bonds is 4. The van der Waals surface area contributed by atoms with E-state index >= 15 is 13.2 Å². The van der Waals surface area contributed by atoms with Crippen molar-refractivity contribution in [3.8, 4) is 51.0 Å². The van der Waals surface area contributed by atoms with Crippen molar-refractivity contribution in [2.75, 3.05) is 0 Å². The van der Waals surface area contributed by atoms with Crippen LogP contribution in [-0.2, 0) is 11.6 Å². The number of hydrogen-bond donors (Lipinski definition) is 0. The summed E-state index contributed by atoms with van der Waals surface area (Å²) in [5.41, 5.74) is 6.49. The van der Waals surface area contributed by atoms with Crippen LogP contribution >= 0.6 is 0 Å². The van der Waals surface area contributed by atoms with Crippen LogP contribution in [0.15, 0.2) is 156 Å². The molecule has 3 heterocycles. The van der Waals surface area contributed by atoms with Crippen LogP contribution in [0.25, 0.3) is 94.7 Å². The molecule has 0 spiro atoms. The van der Waals surface area contributed by atoms with Crippen molar-refractivity contribution in [3.63, 3.8) is 0 Å². The third kappa shape index (κ3) is 4.86. The summed E-state index contributed by atoms with van der Waals surface area (Å²) in [6.07, 6.45) is -4.80. The summed E-state index contributed by atoms with van der Waals surface area (Å²) in [5, 5.41) is 2.61. The molecule has 7 aromatic carbocycles. The first kappa shape index (κ1) is 33.3. The highest BCUT2D eigenvalue weighted by Crippen LogP contribution is 2.55. The zero-order valence-electron chi connectivity index (χ0n) is 30.8. The van der Waals surface area contributed by atoms with Crippen molar-refractivity contribution in [2.45, 2.75) is 25.4 Å². The maximum Gasteiger partial charge on any atom is 0.418 e. The molecule has 3 aromatic heterocycles. The molecule has 0 atom stereocenters. The Morgan fingerprint density at radius 2 is 1.16 bits per heavy atom. The van der Waals surface area contributed by atoms with Crippen LogP contribution < -0.4 is 0 Å². The van der Waals surface area contributed by atoms with E-state index in [4.69, 9.17) is 19.4 Å². The first-order valence-corrected chi connectivity index (χ1v) is 18.8. The van der Waals surface area contributed by atoms with Crippen molar-refractivity contribution < 1.29 is 17.6 Å². The van der Waals surface area contributed by atoms with E-state index in [1.807, 2.05) is 120 Å². The third-order valence-electron chi connectivity index (χ3n) is 11.4. The van der Waals surface area contributed by atoms with Crippen LogP contribution in [-0.4, -0.2) is 19.5 Å². The second-order valence-electron chi connectivity index (χ2n) is 15.1. The van der Waals surface area contributed by atoms with Gasteiger partial charge < -0.3 is 8.98 Å². The molecule has 1 aliphatic rings. The smallest absolute Gasteiger partial charge is 0.418 e. The van der Waals surface area contributed by atoms with E-state index in [1.54, 1.807) is 6.07 Å². The van der Waals surface area contributed by atoms with Gasteiger partial charge in [0.1, 0.15) is 11.2 Å². The molecular formula is C49H31F3N4O. The molecule has 0 saturated carbocycles. The predicted molar refractivity (Wildman–Crippen MR) is 220 cm³/mol. The Kier molecular flexibility index (Phi) is 6.99. The SMILES string of the molecule is CC1(C)c2ccccc2-c2ccc3c4ccccc4n(-c4c(C(F)(F)F)cc(-c5nc(-c6ccccc6)nc(-c6ccccc6)n5)c5oc6ccccc6c45)c3c21. The van der Waals surface area contributed by atoms with Crippen LogP contribution in [0.1, 0.15) is 30.5 Å². The van der Waals surface area contributed by atoms with Crippen molar-refractivity contribution >= 4 is 43.7 Å². The number of hydrogen-bond acceptors (Lipinski definition) is 4. The molecule has 10 aromatic rings. The normalized spacial score (nSPS) is 13.5. The first-order chi connectivity index (χ1) is 27.7. The van der Waals surface area contributed by atoms with Gasteiger partial charge >= 0.3 is 6.18 Å². The maximum atomic E-state index is 16.2. The number of aromatic nitrogens is 4. The van der Waals surface area contributed by atoms with E-state index in [2.05, 4.69) is 38.1 Å². The minimum absolute atomic E-state index is 0.00169. The topological polar surface area (TPSA) is 56.7 Å². The predicted octanol–water partition coefficient (Wildman–Crippen LogP) is 13.2. The number of nitrogens with zero attached hydrogens (tertiary/aromatic N) is 4. The lowest BCUT2D eigenvalue weighted by molar-refractivity contribution is -0.137. The van der Waals surface area contributed by atoms with Gasteiger partial charge in [0.15, 0.2) is 17.5 Å². The van der Waals surface area contributed by atoms with Gasteiger partial charge in [-0.25, -0.2) is 15.0 Å². The molecule has 57 heavy (non-hydrogen) atoms. The Bertz CT molecular complexity index is 3200. The average Bonchev–Trinajstić information content (AvgIpc) is 3.86. The first-order valence-electron chi connectivity index (χ1n) is 18.8. The molecule has 0 aliphatic heterocycles. The van der Waals surface area contributed by atoms with Crippen LogP contribution in [0.3, 0.4) is 0 Å². The fourth-order valence-corrected chi connectivity index (χ4v) is 8.97. The van der Waals surface area contributed by atoms with Gasteiger partial charge in [0, 0.05) is 32.7 Å². The van der Waals surface area contributed by atoms with Crippen LogP contribution in [0.2, 0.25) is 0 Å². The second-order valence-corrected chi connectivity index (χ2v) is 15.1. The monoisotopic (exact) mass is 748 g/mol. The van der Waals surface area contributed by atoms with Gasteiger partial charge in [0.25, 0.3) is 0 Å². The summed E-state index contributed by atoms with van der Waals surface area (Å²) in [5.74, 6) is 0.741. The molecule has 274 valence electrons. The van der Waals surface area contributed by atoms with Crippen molar-refractivity contribution in [2.24, 2.45) is 0 Å². The molecule has 8 heteroatoms. The molecule has 0 bridgehead atoms. The molecule has 1 aliphatic carbocycles.